The third-order valence-corrected chi connectivity index (χ3v) is 3.49. The molecular weight excluding hydrogens is 274 g/mol. The van der Waals surface area contributed by atoms with Crippen LogP contribution in [0.4, 0.5) is 0 Å². The zero-order valence-electron chi connectivity index (χ0n) is 12.2. The number of rotatable bonds is 5. The number of hydrogen-bond acceptors (Lipinski definition) is 3. The molecule has 0 saturated carbocycles. The van der Waals surface area contributed by atoms with Crippen LogP contribution in [0.2, 0.25) is 0 Å². The first-order valence-corrected chi connectivity index (χ1v) is 7.18. The summed E-state index contributed by atoms with van der Waals surface area (Å²) in [5.41, 5.74) is 2.47. The molecule has 0 fully saturated rings. The molecule has 3 aromatic rings. The number of nitrogens with zero attached hydrogens (tertiary/aromatic N) is 1. The molecule has 0 atom stereocenters. The number of aromatic hydroxyl groups is 1. The summed E-state index contributed by atoms with van der Waals surface area (Å²) in [7, 11) is 0. The molecule has 1 aromatic heterocycles. The molecule has 0 saturated heterocycles. The lowest BCUT2D eigenvalue weighted by molar-refractivity contribution is 0.304. The molecular formula is C19H17NO2. The fourth-order valence-corrected chi connectivity index (χ4v) is 2.43. The van der Waals surface area contributed by atoms with Crippen LogP contribution in [0, 0.1) is 0 Å². The maximum absolute atomic E-state index is 10.2. The van der Waals surface area contributed by atoms with E-state index < -0.39 is 0 Å². The quantitative estimate of drug-likeness (QED) is 0.715. The van der Waals surface area contributed by atoms with Gasteiger partial charge in [-0.2, -0.15) is 0 Å². The van der Waals surface area contributed by atoms with Crippen LogP contribution in [0.5, 0.6) is 11.6 Å². The summed E-state index contributed by atoms with van der Waals surface area (Å²) >= 11 is 0. The molecule has 0 aliphatic carbocycles. The molecule has 0 spiro atoms. The number of allylic oxidation sites excluding steroid dienone is 1. The Kier molecular flexibility index (Phi) is 4.05. The Hall–Kier alpha value is -2.81. The Bertz CT molecular complexity index is 797. The van der Waals surface area contributed by atoms with Crippen molar-refractivity contribution in [1.82, 2.24) is 4.98 Å². The van der Waals surface area contributed by atoms with Gasteiger partial charge in [0.05, 0.1) is 11.1 Å². The van der Waals surface area contributed by atoms with Gasteiger partial charge >= 0.3 is 0 Å². The number of fused-ring (bicyclic) bond motifs is 1. The zero-order valence-corrected chi connectivity index (χ0v) is 12.2. The minimum Gasteiger partial charge on any atom is -0.493 e. The van der Waals surface area contributed by atoms with Crippen LogP contribution < -0.4 is 4.74 Å². The normalized spacial score (nSPS) is 10.5. The maximum Gasteiger partial charge on any atom is 0.218 e. The van der Waals surface area contributed by atoms with E-state index in [1.165, 1.54) is 0 Å². The summed E-state index contributed by atoms with van der Waals surface area (Å²) in [5, 5.41) is 11.1. The predicted octanol–water partition coefficient (Wildman–Crippen LogP) is 4.25. The maximum atomic E-state index is 10.2. The molecule has 22 heavy (non-hydrogen) atoms. The van der Waals surface area contributed by atoms with Crippen LogP contribution >= 0.6 is 0 Å². The molecule has 2 aromatic carbocycles. The van der Waals surface area contributed by atoms with Gasteiger partial charge in [-0.1, -0.05) is 48.5 Å². The molecule has 0 bridgehead atoms. The van der Waals surface area contributed by atoms with Crippen molar-refractivity contribution < 1.29 is 9.84 Å². The minimum absolute atomic E-state index is 0.00154. The van der Waals surface area contributed by atoms with Crippen LogP contribution in [-0.4, -0.2) is 10.1 Å². The Morgan fingerprint density at radius 2 is 1.77 bits per heavy atom. The molecule has 0 radical (unpaired) electrons. The summed E-state index contributed by atoms with van der Waals surface area (Å²) in [6.45, 7) is 4.18. The van der Waals surface area contributed by atoms with Crippen molar-refractivity contribution in [3.8, 4) is 11.6 Å². The van der Waals surface area contributed by atoms with Crippen LogP contribution in [0.15, 0.2) is 67.3 Å². The second-order valence-electron chi connectivity index (χ2n) is 5.03. The molecule has 110 valence electrons. The lowest BCUT2D eigenvalue weighted by Gasteiger charge is -2.14. The number of pyridine rings is 1. The smallest absolute Gasteiger partial charge is 0.218 e. The van der Waals surface area contributed by atoms with Crippen LogP contribution in [0.3, 0.4) is 0 Å². The van der Waals surface area contributed by atoms with Gasteiger partial charge in [0, 0.05) is 5.39 Å². The van der Waals surface area contributed by atoms with Gasteiger partial charge in [-0.3, -0.25) is 0 Å². The van der Waals surface area contributed by atoms with Crippen LogP contribution in [-0.2, 0) is 13.0 Å². The lowest BCUT2D eigenvalue weighted by Crippen LogP contribution is -2.01. The average Bonchev–Trinajstić information content (AvgIpc) is 2.56. The highest BCUT2D eigenvalue weighted by molar-refractivity contribution is 5.87. The van der Waals surface area contributed by atoms with Gasteiger partial charge in [0.1, 0.15) is 12.4 Å². The summed E-state index contributed by atoms with van der Waals surface area (Å²) in [6.07, 6.45) is 2.24. The molecule has 1 N–H and O–H groups in total. The SMILES string of the molecule is C=CCc1c(O)nc2ccccc2c1OCc1ccccc1. The summed E-state index contributed by atoms with van der Waals surface area (Å²) in [5.74, 6) is 0.675. The minimum atomic E-state index is 0.00154. The van der Waals surface area contributed by atoms with E-state index in [1.807, 2.05) is 54.6 Å². The van der Waals surface area contributed by atoms with Gasteiger partial charge in [-0.15, -0.1) is 6.58 Å². The van der Waals surface area contributed by atoms with Crippen molar-refractivity contribution in [2.24, 2.45) is 0 Å². The Balaban J connectivity index is 2.04. The number of ether oxygens (including phenoxy) is 1. The first-order chi connectivity index (χ1) is 10.8. The highest BCUT2D eigenvalue weighted by Gasteiger charge is 2.15. The van der Waals surface area contributed by atoms with Crippen molar-refractivity contribution in [1.29, 1.82) is 0 Å². The summed E-state index contributed by atoms with van der Waals surface area (Å²) in [4.78, 5) is 4.24. The van der Waals surface area contributed by atoms with Crippen molar-refractivity contribution in [2.45, 2.75) is 13.0 Å². The topological polar surface area (TPSA) is 42.4 Å². The van der Waals surface area contributed by atoms with E-state index in [0.717, 1.165) is 16.5 Å². The zero-order chi connectivity index (χ0) is 15.4. The van der Waals surface area contributed by atoms with Crippen molar-refractivity contribution in [3.63, 3.8) is 0 Å². The van der Waals surface area contributed by atoms with Gasteiger partial charge in [0.15, 0.2) is 0 Å². The molecule has 0 aliphatic heterocycles. The van der Waals surface area contributed by atoms with E-state index in [9.17, 15) is 5.11 Å². The average molecular weight is 291 g/mol. The van der Waals surface area contributed by atoms with E-state index in [1.54, 1.807) is 6.08 Å². The number of hydrogen-bond donors (Lipinski definition) is 1. The van der Waals surface area contributed by atoms with Gasteiger partial charge < -0.3 is 9.84 Å². The van der Waals surface area contributed by atoms with E-state index in [-0.39, 0.29) is 5.88 Å². The van der Waals surface area contributed by atoms with Gasteiger partial charge in [-0.25, -0.2) is 4.98 Å². The molecule has 1 heterocycles. The largest absolute Gasteiger partial charge is 0.493 e. The molecule has 3 heteroatoms. The summed E-state index contributed by atoms with van der Waals surface area (Å²) in [6, 6.07) is 17.6. The second-order valence-corrected chi connectivity index (χ2v) is 5.03. The highest BCUT2D eigenvalue weighted by atomic mass is 16.5. The van der Waals surface area contributed by atoms with E-state index in [4.69, 9.17) is 4.74 Å². The highest BCUT2D eigenvalue weighted by Crippen LogP contribution is 2.35. The van der Waals surface area contributed by atoms with Crippen LogP contribution in [0.1, 0.15) is 11.1 Å². The third-order valence-electron chi connectivity index (χ3n) is 3.49. The number of para-hydroxylation sites is 1. The predicted molar refractivity (Wildman–Crippen MR) is 88.1 cm³/mol. The van der Waals surface area contributed by atoms with E-state index >= 15 is 0 Å². The first-order valence-electron chi connectivity index (χ1n) is 7.18. The van der Waals surface area contributed by atoms with Crippen molar-refractivity contribution in [3.05, 3.63) is 78.4 Å². The summed E-state index contributed by atoms with van der Waals surface area (Å²) < 4.78 is 6.02. The Morgan fingerprint density at radius 1 is 1.05 bits per heavy atom. The Morgan fingerprint density at radius 3 is 2.55 bits per heavy atom. The fraction of sp³-hybridized carbons (Fsp3) is 0.105. The molecule has 0 unspecified atom stereocenters. The molecule has 3 rings (SSSR count). The monoisotopic (exact) mass is 291 g/mol. The fourth-order valence-electron chi connectivity index (χ4n) is 2.43. The van der Waals surface area contributed by atoms with Crippen LogP contribution in [0.25, 0.3) is 10.9 Å². The first kappa shape index (κ1) is 14.1. The van der Waals surface area contributed by atoms with Crippen molar-refractivity contribution >= 4 is 10.9 Å². The Labute approximate surface area is 129 Å². The standard InChI is InChI=1S/C19H17NO2/c1-2-8-16-18(22-13-14-9-4-3-5-10-14)15-11-6-7-12-17(15)20-19(16)21/h2-7,9-12H,1,8,13H2,(H,20,21). The van der Waals surface area contributed by atoms with Crippen molar-refractivity contribution in [2.75, 3.05) is 0 Å². The second kappa shape index (κ2) is 6.31. The van der Waals surface area contributed by atoms with E-state index in [0.29, 0.717) is 24.3 Å². The lowest BCUT2D eigenvalue weighted by atomic mass is 10.1. The van der Waals surface area contributed by atoms with Gasteiger partial charge in [0.25, 0.3) is 0 Å². The van der Waals surface area contributed by atoms with Gasteiger partial charge in [0.2, 0.25) is 5.88 Å². The molecule has 3 nitrogen and oxygen atoms in total. The van der Waals surface area contributed by atoms with Gasteiger partial charge in [-0.05, 0) is 24.1 Å². The number of benzene rings is 2. The van der Waals surface area contributed by atoms with E-state index in [2.05, 4.69) is 11.6 Å². The third kappa shape index (κ3) is 2.79. The number of aromatic nitrogens is 1. The molecule has 0 amide bonds. The molecule has 0 aliphatic rings.